The minimum Gasteiger partial charge on any atom is -0.357 e. The van der Waals surface area contributed by atoms with Gasteiger partial charge in [-0.15, -0.1) is 0 Å². The van der Waals surface area contributed by atoms with Crippen LogP contribution in [0.2, 0.25) is 0 Å². The van der Waals surface area contributed by atoms with Crippen LogP contribution in [0.1, 0.15) is 18.4 Å². The summed E-state index contributed by atoms with van der Waals surface area (Å²) in [6.45, 7) is 2.44. The number of hydrogen-bond acceptors (Lipinski definition) is 4. The summed E-state index contributed by atoms with van der Waals surface area (Å²) >= 11 is 0. The quantitative estimate of drug-likeness (QED) is 0.788. The Hall–Kier alpha value is -2.96. The average Bonchev–Trinajstić information content (AvgIpc) is 2.72. The van der Waals surface area contributed by atoms with Gasteiger partial charge in [0.1, 0.15) is 11.6 Å². The fraction of sp³-hybridized carbons (Fsp3) is 0.350. The van der Waals surface area contributed by atoms with Crippen molar-refractivity contribution in [1.82, 2.24) is 15.6 Å². The summed E-state index contributed by atoms with van der Waals surface area (Å²) in [5.41, 5.74) is 0.736. The number of rotatable bonds is 5. The highest BCUT2D eigenvalue weighted by atomic mass is 19.1. The molecule has 0 unspecified atom stereocenters. The first kappa shape index (κ1) is 18.8. The topological polar surface area (TPSA) is 74.3 Å². The number of nitrogens with one attached hydrogen (secondary N) is 2. The maximum Gasteiger partial charge on any atom is 0.309 e. The summed E-state index contributed by atoms with van der Waals surface area (Å²) in [6.07, 6.45) is 3.66. The van der Waals surface area contributed by atoms with E-state index in [1.54, 1.807) is 18.3 Å². The fourth-order valence-corrected chi connectivity index (χ4v) is 3.09. The smallest absolute Gasteiger partial charge is 0.309 e. The predicted octanol–water partition coefficient (Wildman–Crippen LogP) is 1.87. The molecule has 0 bridgehead atoms. The van der Waals surface area contributed by atoms with Gasteiger partial charge in [0.2, 0.25) is 0 Å². The Labute approximate surface area is 157 Å². The first-order chi connectivity index (χ1) is 13.1. The molecule has 1 aliphatic rings. The van der Waals surface area contributed by atoms with E-state index in [0.717, 1.165) is 37.3 Å². The van der Waals surface area contributed by atoms with Gasteiger partial charge in [0.05, 0.1) is 0 Å². The Bertz CT molecular complexity index is 759. The van der Waals surface area contributed by atoms with Crippen LogP contribution < -0.4 is 15.5 Å². The van der Waals surface area contributed by atoms with Crippen LogP contribution in [-0.2, 0) is 16.1 Å². The number of halogens is 1. The van der Waals surface area contributed by atoms with Gasteiger partial charge in [-0.1, -0.05) is 18.2 Å². The zero-order valence-electron chi connectivity index (χ0n) is 15.0. The number of aromatic nitrogens is 1. The molecule has 2 aromatic rings. The SMILES string of the molecule is O=C(NCc1ccc(F)cc1)C(=O)NCC1CCN(c2ccccn2)CC1. The molecule has 2 N–H and O–H groups in total. The van der Waals surface area contributed by atoms with Crippen LogP contribution in [0.4, 0.5) is 10.2 Å². The molecule has 1 fully saturated rings. The van der Waals surface area contributed by atoms with Gasteiger partial charge < -0.3 is 15.5 Å². The van der Waals surface area contributed by atoms with Crippen LogP contribution in [0.15, 0.2) is 48.7 Å². The lowest BCUT2D eigenvalue weighted by Gasteiger charge is -2.32. The zero-order chi connectivity index (χ0) is 19.1. The molecular weight excluding hydrogens is 347 g/mol. The lowest BCUT2D eigenvalue weighted by Crippen LogP contribution is -2.43. The molecule has 6 nitrogen and oxygen atoms in total. The van der Waals surface area contributed by atoms with Crippen molar-refractivity contribution < 1.29 is 14.0 Å². The van der Waals surface area contributed by atoms with Gasteiger partial charge in [-0.05, 0) is 48.6 Å². The number of piperidine rings is 1. The molecular formula is C20H23FN4O2. The largest absolute Gasteiger partial charge is 0.357 e. The molecule has 1 saturated heterocycles. The number of nitrogens with zero attached hydrogens (tertiary/aromatic N) is 2. The third-order valence-corrected chi connectivity index (χ3v) is 4.71. The Balaban J connectivity index is 1.36. The molecule has 7 heteroatoms. The maximum atomic E-state index is 12.9. The minimum atomic E-state index is -0.676. The second-order valence-corrected chi connectivity index (χ2v) is 6.64. The number of benzene rings is 1. The van der Waals surface area contributed by atoms with Crippen molar-refractivity contribution in [2.45, 2.75) is 19.4 Å². The molecule has 3 rings (SSSR count). The molecule has 0 radical (unpaired) electrons. The molecule has 0 saturated carbocycles. The number of anilines is 1. The molecule has 2 heterocycles. The molecule has 0 aliphatic carbocycles. The van der Waals surface area contributed by atoms with Crippen molar-refractivity contribution in [3.05, 3.63) is 60.0 Å². The van der Waals surface area contributed by atoms with E-state index < -0.39 is 11.8 Å². The van der Waals surface area contributed by atoms with Crippen molar-refractivity contribution >= 4 is 17.6 Å². The molecule has 0 atom stereocenters. The Kier molecular flexibility index (Phi) is 6.35. The normalized spacial score (nSPS) is 14.6. The maximum absolute atomic E-state index is 12.9. The minimum absolute atomic E-state index is 0.189. The fourth-order valence-electron chi connectivity index (χ4n) is 3.09. The Morgan fingerprint density at radius 1 is 1.04 bits per heavy atom. The van der Waals surface area contributed by atoms with Crippen LogP contribution in [0, 0.1) is 11.7 Å². The molecule has 142 valence electrons. The van der Waals surface area contributed by atoms with Crippen molar-refractivity contribution in [3.8, 4) is 0 Å². The van der Waals surface area contributed by atoms with Crippen LogP contribution in [-0.4, -0.2) is 36.4 Å². The third-order valence-electron chi connectivity index (χ3n) is 4.71. The number of hydrogen-bond donors (Lipinski definition) is 2. The van der Waals surface area contributed by atoms with Crippen LogP contribution in [0.5, 0.6) is 0 Å². The van der Waals surface area contributed by atoms with Crippen molar-refractivity contribution in [1.29, 1.82) is 0 Å². The van der Waals surface area contributed by atoms with E-state index in [0.29, 0.717) is 12.5 Å². The molecule has 1 aromatic heterocycles. The van der Waals surface area contributed by atoms with Gasteiger partial charge in [0.15, 0.2) is 0 Å². The van der Waals surface area contributed by atoms with Crippen molar-refractivity contribution in [3.63, 3.8) is 0 Å². The van der Waals surface area contributed by atoms with Crippen LogP contribution in [0.25, 0.3) is 0 Å². The molecule has 2 amide bonds. The summed E-state index contributed by atoms with van der Waals surface area (Å²) in [5, 5.41) is 5.25. The van der Waals surface area contributed by atoms with E-state index in [2.05, 4.69) is 20.5 Å². The second-order valence-electron chi connectivity index (χ2n) is 6.64. The number of pyridine rings is 1. The van der Waals surface area contributed by atoms with E-state index >= 15 is 0 Å². The molecule has 1 aromatic carbocycles. The molecule has 0 spiro atoms. The highest BCUT2D eigenvalue weighted by Gasteiger charge is 2.21. The van der Waals surface area contributed by atoms with Crippen molar-refractivity contribution in [2.75, 3.05) is 24.5 Å². The Morgan fingerprint density at radius 3 is 2.41 bits per heavy atom. The summed E-state index contributed by atoms with van der Waals surface area (Å²) in [5.74, 6) is -0.328. The third kappa shape index (κ3) is 5.51. The Morgan fingerprint density at radius 2 is 1.74 bits per heavy atom. The van der Waals surface area contributed by atoms with Gasteiger partial charge in [-0.25, -0.2) is 9.37 Å². The average molecular weight is 370 g/mol. The lowest BCUT2D eigenvalue weighted by atomic mass is 9.97. The first-order valence-corrected chi connectivity index (χ1v) is 9.08. The van der Waals surface area contributed by atoms with E-state index in [-0.39, 0.29) is 12.4 Å². The van der Waals surface area contributed by atoms with Gasteiger partial charge in [0, 0.05) is 32.4 Å². The van der Waals surface area contributed by atoms with Gasteiger partial charge in [-0.3, -0.25) is 9.59 Å². The van der Waals surface area contributed by atoms with E-state index in [1.807, 2.05) is 18.2 Å². The number of carbonyl (C=O) groups is 2. The second kappa shape index (κ2) is 9.12. The predicted molar refractivity (Wildman–Crippen MR) is 100 cm³/mol. The highest BCUT2D eigenvalue weighted by molar-refractivity contribution is 6.35. The van der Waals surface area contributed by atoms with Gasteiger partial charge in [-0.2, -0.15) is 0 Å². The van der Waals surface area contributed by atoms with Crippen molar-refractivity contribution in [2.24, 2.45) is 5.92 Å². The van der Waals surface area contributed by atoms with Gasteiger partial charge >= 0.3 is 11.8 Å². The molecule has 1 aliphatic heterocycles. The van der Waals surface area contributed by atoms with Crippen LogP contribution in [0.3, 0.4) is 0 Å². The summed E-state index contributed by atoms with van der Waals surface area (Å²) in [7, 11) is 0. The monoisotopic (exact) mass is 370 g/mol. The zero-order valence-corrected chi connectivity index (χ0v) is 15.0. The number of carbonyl (C=O) groups excluding carboxylic acids is 2. The van der Waals surface area contributed by atoms with E-state index in [1.165, 1.54) is 12.1 Å². The first-order valence-electron chi connectivity index (χ1n) is 9.08. The van der Waals surface area contributed by atoms with Crippen LogP contribution >= 0.6 is 0 Å². The summed E-state index contributed by atoms with van der Waals surface area (Å²) in [4.78, 5) is 30.4. The highest BCUT2D eigenvalue weighted by Crippen LogP contribution is 2.20. The van der Waals surface area contributed by atoms with E-state index in [9.17, 15) is 14.0 Å². The summed E-state index contributed by atoms with van der Waals surface area (Å²) < 4.78 is 12.9. The standard InChI is InChI=1S/C20H23FN4O2/c21-17-6-4-15(5-7-17)13-23-19(26)20(27)24-14-16-8-11-25(12-9-16)18-3-1-2-10-22-18/h1-7,10,16H,8-9,11-14H2,(H,23,26)(H,24,27). The van der Waals surface area contributed by atoms with E-state index in [4.69, 9.17) is 0 Å². The van der Waals surface area contributed by atoms with Gasteiger partial charge in [0.25, 0.3) is 0 Å². The molecule has 27 heavy (non-hydrogen) atoms. The summed E-state index contributed by atoms with van der Waals surface area (Å²) in [6, 6.07) is 11.6. The lowest BCUT2D eigenvalue weighted by molar-refractivity contribution is -0.139. The number of amides is 2.